The van der Waals surface area contributed by atoms with Gasteiger partial charge in [0.25, 0.3) is 0 Å². The van der Waals surface area contributed by atoms with Gasteiger partial charge in [-0.25, -0.2) is 0 Å². The fourth-order valence-electron chi connectivity index (χ4n) is 2.84. The van der Waals surface area contributed by atoms with Crippen molar-refractivity contribution >= 4 is 29.1 Å². The van der Waals surface area contributed by atoms with E-state index in [1.807, 2.05) is 37.6 Å². The molecule has 156 valence electrons. The van der Waals surface area contributed by atoms with Crippen LogP contribution in [0.25, 0.3) is 0 Å². The summed E-state index contributed by atoms with van der Waals surface area (Å²) in [5.41, 5.74) is 3.40. The number of carbonyl (C=O) groups is 2. The molecule has 0 aliphatic rings. The molecule has 7 nitrogen and oxygen atoms in total. The van der Waals surface area contributed by atoms with Gasteiger partial charge in [0.1, 0.15) is 12.4 Å². The van der Waals surface area contributed by atoms with Crippen LogP contribution in [0.3, 0.4) is 0 Å². The van der Waals surface area contributed by atoms with Gasteiger partial charge in [-0.2, -0.15) is 0 Å². The van der Waals surface area contributed by atoms with Crippen molar-refractivity contribution in [2.45, 2.75) is 32.5 Å². The Bertz CT molecular complexity index is 1080. The molecule has 30 heavy (non-hydrogen) atoms. The maximum atomic E-state index is 12.3. The fraction of sp³-hybridized carbons (Fsp3) is 0.273. The molecule has 1 amide bonds. The lowest BCUT2D eigenvalue weighted by molar-refractivity contribution is -0.113. The van der Waals surface area contributed by atoms with Crippen LogP contribution < -0.4 is 10.1 Å². The van der Waals surface area contributed by atoms with Crippen LogP contribution >= 0.6 is 11.8 Å². The number of nitrogens with zero attached hydrogens (tertiary/aromatic N) is 3. The maximum Gasteiger partial charge on any atom is 0.234 e. The molecule has 1 heterocycles. The Kier molecular flexibility index (Phi) is 6.89. The summed E-state index contributed by atoms with van der Waals surface area (Å²) < 4.78 is 7.68. The van der Waals surface area contributed by atoms with E-state index in [0.29, 0.717) is 22.2 Å². The minimum Gasteiger partial charge on any atom is -0.485 e. The number of rotatable bonds is 8. The molecule has 8 heteroatoms. The first-order valence-corrected chi connectivity index (χ1v) is 10.4. The molecule has 0 aliphatic carbocycles. The second kappa shape index (κ2) is 9.58. The van der Waals surface area contributed by atoms with Crippen molar-refractivity contribution in [3.63, 3.8) is 0 Å². The second-order valence-corrected chi connectivity index (χ2v) is 7.93. The molecule has 3 aromatic rings. The van der Waals surface area contributed by atoms with E-state index in [9.17, 15) is 9.59 Å². The van der Waals surface area contributed by atoms with Crippen LogP contribution in [0.4, 0.5) is 5.69 Å². The summed E-state index contributed by atoms with van der Waals surface area (Å²) in [6.45, 7) is 5.83. The Morgan fingerprint density at radius 2 is 1.93 bits per heavy atom. The summed E-state index contributed by atoms with van der Waals surface area (Å²) in [6, 6.07) is 12.9. The highest BCUT2D eigenvalue weighted by atomic mass is 32.2. The van der Waals surface area contributed by atoms with Gasteiger partial charge in [-0.1, -0.05) is 41.6 Å². The van der Waals surface area contributed by atoms with Crippen molar-refractivity contribution in [2.75, 3.05) is 11.1 Å². The van der Waals surface area contributed by atoms with Gasteiger partial charge in [0.05, 0.1) is 5.75 Å². The number of amides is 1. The fourth-order valence-corrected chi connectivity index (χ4v) is 3.57. The topological polar surface area (TPSA) is 86.1 Å². The van der Waals surface area contributed by atoms with Gasteiger partial charge < -0.3 is 14.6 Å². The maximum absolute atomic E-state index is 12.3. The smallest absolute Gasteiger partial charge is 0.234 e. The second-order valence-electron chi connectivity index (χ2n) is 6.99. The quantitative estimate of drug-likeness (QED) is 0.435. The van der Waals surface area contributed by atoms with Crippen molar-refractivity contribution in [3.05, 3.63) is 65.0 Å². The molecule has 0 fully saturated rings. The summed E-state index contributed by atoms with van der Waals surface area (Å²) in [7, 11) is 1.84. The Morgan fingerprint density at radius 1 is 1.13 bits per heavy atom. The van der Waals surface area contributed by atoms with E-state index in [1.54, 1.807) is 24.3 Å². The van der Waals surface area contributed by atoms with Gasteiger partial charge in [-0.05, 0) is 44.5 Å². The number of benzene rings is 2. The average Bonchev–Trinajstić information content (AvgIpc) is 3.05. The Hall–Kier alpha value is -3.13. The molecule has 3 rings (SSSR count). The number of thioether (sulfide) groups is 1. The molecular formula is C22H24N4O3S. The van der Waals surface area contributed by atoms with E-state index in [2.05, 4.69) is 21.6 Å². The van der Waals surface area contributed by atoms with E-state index < -0.39 is 0 Å². The number of Topliss-reactive ketones (excluding diaryl/α,β-unsaturated/α-hetero) is 1. The average molecular weight is 425 g/mol. The van der Waals surface area contributed by atoms with Crippen molar-refractivity contribution in [2.24, 2.45) is 7.05 Å². The third-order valence-corrected chi connectivity index (χ3v) is 5.52. The summed E-state index contributed by atoms with van der Waals surface area (Å²) >= 11 is 1.29. The van der Waals surface area contributed by atoms with Gasteiger partial charge >= 0.3 is 0 Å². The minimum atomic E-state index is -0.184. The predicted octanol–water partition coefficient (Wildman–Crippen LogP) is 3.94. The molecule has 0 spiro atoms. The van der Waals surface area contributed by atoms with Gasteiger partial charge in [0.15, 0.2) is 16.8 Å². The van der Waals surface area contributed by atoms with Crippen LogP contribution in [0.15, 0.2) is 47.6 Å². The highest BCUT2D eigenvalue weighted by Gasteiger charge is 2.13. The monoisotopic (exact) mass is 424 g/mol. The number of ether oxygens (including phenoxy) is 1. The molecule has 0 saturated carbocycles. The van der Waals surface area contributed by atoms with Gasteiger partial charge in [-0.15, -0.1) is 10.2 Å². The first-order chi connectivity index (χ1) is 14.3. The summed E-state index contributed by atoms with van der Waals surface area (Å²) in [6.07, 6.45) is 0. The van der Waals surface area contributed by atoms with Crippen LogP contribution in [0.5, 0.6) is 5.75 Å². The first-order valence-electron chi connectivity index (χ1n) is 9.45. The Balaban J connectivity index is 1.55. The Morgan fingerprint density at radius 3 is 2.67 bits per heavy atom. The molecule has 0 bridgehead atoms. The minimum absolute atomic E-state index is 0.0462. The standard InChI is InChI=1S/C22H24N4O3S/c1-14-8-9-19(15(2)10-14)29-12-20-24-25-22(26(20)4)30-13-21(28)23-18-7-5-6-17(11-18)16(3)27/h5-11H,12-13H2,1-4H3,(H,23,28). The van der Waals surface area contributed by atoms with Crippen molar-refractivity contribution < 1.29 is 14.3 Å². The number of anilines is 1. The molecule has 2 aromatic carbocycles. The molecule has 1 aromatic heterocycles. The van der Waals surface area contributed by atoms with E-state index in [4.69, 9.17) is 4.74 Å². The largest absolute Gasteiger partial charge is 0.485 e. The normalized spacial score (nSPS) is 10.7. The van der Waals surface area contributed by atoms with Crippen molar-refractivity contribution in [1.29, 1.82) is 0 Å². The number of ketones is 1. The third-order valence-electron chi connectivity index (χ3n) is 4.50. The van der Waals surface area contributed by atoms with Crippen molar-refractivity contribution in [3.8, 4) is 5.75 Å². The molecule has 0 saturated heterocycles. The number of hydrogen-bond acceptors (Lipinski definition) is 6. The lowest BCUT2D eigenvalue weighted by atomic mass is 10.1. The lowest BCUT2D eigenvalue weighted by Crippen LogP contribution is -2.15. The van der Waals surface area contributed by atoms with Gasteiger partial charge in [-0.3, -0.25) is 9.59 Å². The van der Waals surface area contributed by atoms with E-state index >= 15 is 0 Å². The van der Waals surface area contributed by atoms with Crippen LogP contribution in [0, 0.1) is 13.8 Å². The zero-order chi connectivity index (χ0) is 21.7. The number of carbonyl (C=O) groups excluding carboxylic acids is 2. The molecular weight excluding hydrogens is 400 g/mol. The third kappa shape index (κ3) is 5.48. The number of aryl methyl sites for hydroxylation is 2. The molecule has 1 N–H and O–H groups in total. The van der Waals surface area contributed by atoms with Gasteiger partial charge in [0, 0.05) is 18.3 Å². The number of nitrogens with one attached hydrogen (secondary N) is 1. The highest BCUT2D eigenvalue weighted by Crippen LogP contribution is 2.21. The van der Waals surface area contributed by atoms with E-state index in [0.717, 1.165) is 11.3 Å². The number of aromatic nitrogens is 3. The van der Waals surface area contributed by atoms with Gasteiger partial charge in [0.2, 0.25) is 5.91 Å². The SMILES string of the molecule is CC(=O)c1cccc(NC(=O)CSc2nnc(COc3ccc(C)cc3C)n2C)c1. The molecule has 0 radical (unpaired) electrons. The summed E-state index contributed by atoms with van der Waals surface area (Å²) in [5, 5.41) is 11.7. The summed E-state index contributed by atoms with van der Waals surface area (Å²) in [5.74, 6) is 1.43. The lowest BCUT2D eigenvalue weighted by Gasteiger charge is -2.09. The highest BCUT2D eigenvalue weighted by molar-refractivity contribution is 7.99. The van der Waals surface area contributed by atoms with E-state index in [-0.39, 0.29) is 24.1 Å². The molecule has 0 atom stereocenters. The zero-order valence-electron chi connectivity index (χ0n) is 17.4. The van der Waals surface area contributed by atoms with E-state index in [1.165, 1.54) is 24.2 Å². The number of hydrogen-bond donors (Lipinski definition) is 1. The first kappa shape index (κ1) is 21.6. The predicted molar refractivity (Wildman–Crippen MR) is 117 cm³/mol. The van der Waals surface area contributed by atoms with Crippen LogP contribution in [-0.4, -0.2) is 32.2 Å². The van der Waals surface area contributed by atoms with Crippen LogP contribution in [0.1, 0.15) is 34.2 Å². The van der Waals surface area contributed by atoms with Crippen molar-refractivity contribution in [1.82, 2.24) is 14.8 Å². The Labute approximate surface area is 179 Å². The molecule has 0 unspecified atom stereocenters. The summed E-state index contributed by atoms with van der Waals surface area (Å²) in [4.78, 5) is 23.7. The zero-order valence-corrected chi connectivity index (χ0v) is 18.2. The van der Waals surface area contributed by atoms with Crippen LogP contribution in [-0.2, 0) is 18.4 Å². The molecule has 0 aliphatic heterocycles. The van der Waals surface area contributed by atoms with Crippen LogP contribution in [0.2, 0.25) is 0 Å².